The van der Waals surface area contributed by atoms with Crippen LogP contribution in [0.2, 0.25) is 0 Å². The normalized spacial score (nSPS) is 11.4. The van der Waals surface area contributed by atoms with Crippen LogP contribution in [0.15, 0.2) is 0 Å². The van der Waals surface area contributed by atoms with E-state index >= 15 is 0 Å². The van der Waals surface area contributed by atoms with Crippen molar-refractivity contribution in [1.82, 2.24) is 0 Å². The fourth-order valence-electron chi connectivity index (χ4n) is 2.43. The van der Waals surface area contributed by atoms with Crippen LogP contribution >= 0.6 is 29.1 Å². The van der Waals surface area contributed by atoms with Gasteiger partial charge in [0, 0.05) is 0 Å². The summed E-state index contributed by atoms with van der Waals surface area (Å²) in [6, 6.07) is 0. The van der Waals surface area contributed by atoms with Crippen LogP contribution in [0.3, 0.4) is 0 Å². The molecule has 0 amide bonds. The highest BCUT2D eigenvalue weighted by Crippen LogP contribution is 2.47. The lowest BCUT2D eigenvalue weighted by Gasteiger charge is -2.03. The van der Waals surface area contributed by atoms with Gasteiger partial charge in [-0.15, -0.1) is 0 Å². The molecule has 0 aromatic carbocycles. The van der Waals surface area contributed by atoms with Gasteiger partial charge in [0.05, 0.1) is 6.63 Å². The lowest BCUT2D eigenvalue weighted by Crippen LogP contribution is -1.83. The standard InChI is InChI=1S/C16H33Cl2P/c1-2-3-4-5-6-7-8-9-10-11-12-13-14-15-16-19(17)18/h2-16H2,1H3. The number of hydrogen-bond acceptors (Lipinski definition) is 0. The maximum atomic E-state index is 5.76. The molecule has 0 rings (SSSR count). The van der Waals surface area contributed by atoms with Crippen LogP contribution in [-0.2, 0) is 0 Å². The molecule has 0 atom stereocenters. The summed E-state index contributed by atoms with van der Waals surface area (Å²) in [6.07, 6.45) is 20.7. The van der Waals surface area contributed by atoms with Crippen LogP contribution in [0.4, 0.5) is 0 Å². The molecule has 0 bridgehead atoms. The van der Waals surface area contributed by atoms with Gasteiger partial charge in [0.2, 0.25) is 0 Å². The minimum atomic E-state index is -0.697. The van der Waals surface area contributed by atoms with E-state index in [4.69, 9.17) is 22.5 Å². The van der Waals surface area contributed by atoms with Crippen LogP contribution in [0.1, 0.15) is 96.8 Å². The summed E-state index contributed by atoms with van der Waals surface area (Å²) in [6.45, 7) is 1.59. The fourth-order valence-corrected chi connectivity index (χ4v) is 3.61. The highest BCUT2D eigenvalue weighted by Gasteiger charge is 1.98. The van der Waals surface area contributed by atoms with Gasteiger partial charge in [-0.25, -0.2) is 0 Å². The minimum Gasteiger partial charge on any atom is -0.0781 e. The Balaban J connectivity index is 2.91. The van der Waals surface area contributed by atoms with Crippen molar-refractivity contribution in [3.63, 3.8) is 0 Å². The van der Waals surface area contributed by atoms with Gasteiger partial charge in [0.1, 0.15) is 0 Å². The summed E-state index contributed by atoms with van der Waals surface area (Å²) < 4.78 is 0. The van der Waals surface area contributed by atoms with Crippen molar-refractivity contribution < 1.29 is 0 Å². The quantitative estimate of drug-likeness (QED) is 0.210. The molecule has 0 aromatic rings. The molecule has 0 fully saturated rings. The van der Waals surface area contributed by atoms with Crippen molar-refractivity contribution in [3.8, 4) is 0 Å². The van der Waals surface area contributed by atoms with E-state index in [-0.39, 0.29) is 0 Å². The Morgan fingerprint density at radius 1 is 0.526 bits per heavy atom. The van der Waals surface area contributed by atoms with Crippen molar-refractivity contribution in [1.29, 1.82) is 0 Å². The molecule has 0 radical (unpaired) electrons. The molecule has 0 saturated carbocycles. The SMILES string of the molecule is CCCCCCCCCCCCCCCCP(Cl)Cl. The summed E-state index contributed by atoms with van der Waals surface area (Å²) in [4.78, 5) is 0. The Morgan fingerprint density at radius 3 is 1.16 bits per heavy atom. The number of hydrogen-bond donors (Lipinski definition) is 0. The number of halogens is 2. The largest absolute Gasteiger partial charge is 0.0854 e. The molecular formula is C16H33Cl2P. The topological polar surface area (TPSA) is 0 Å². The van der Waals surface area contributed by atoms with E-state index in [1.807, 2.05) is 0 Å². The van der Waals surface area contributed by atoms with Crippen LogP contribution in [0, 0.1) is 0 Å². The van der Waals surface area contributed by atoms with E-state index in [0.717, 1.165) is 6.16 Å². The first-order valence-corrected chi connectivity index (χ1v) is 11.7. The Labute approximate surface area is 132 Å². The molecule has 3 heteroatoms. The van der Waals surface area contributed by atoms with Gasteiger partial charge in [0.25, 0.3) is 0 Å². The highest BCUT2D eigenvalue weighted by molar-refractivity contribution is 8.03. The van der Waals surface area contributed by atoms with Crippen LogP contribution in [0.5, 0.6) is 0 Å². The Morgan fingerprint density at radius 2 is 0.842 bits per heavy atom. The van der Waals surface area contributed by atoms with E-state index in [0.29, 0.717) is 0 Å². The lowest BCUT2D eigenvalue weighted by molar-refractivity contribution is 0.538. The molecule has 0 aromatic heterocycles. The van der Waals surface area contributed by atoms with E-state index < -0.39 is 6.63 Å². The summed E-state index contributed by atoms with van der Waals surface area (Å²) in [5.41, 5.74) is 0. The molecule has 0 nitrogen and oxygen atoms in total. The molecule has 0 spiro atoms. The molecule has 0 heterocycles. The molecule has 116 valence electrons. The predicted octanol–water partition coefficient (Wildman–Crippen LogP) is 8.26. The smallest absolute Gasteiger partial charge is 0.0781 e. The average Bonchev–Trinajstić information content (AvgIpc) is 2.39. The summed E-state index contributed by atoms with van der Waals surface area (Å²) in [5, 5.41) is 0. The van der Waals surface area contributed by atoms with Crippen molar-refractivity contribution >= 4 is 29.1 Å². The second-order valence-corrected chi connectivity index (χ2v) is 9.64. The van der Waals surface area contributed by atoms with Crippen molar-refractivity contribution in [3.05, 3.63) is 0 Å². The van der Waals surface area contributed by atoms with Crippen molar-refractivity contribution in [2.24, 2.45) is 0 Å². The number of unbranched alkanes of at least 4 members (excludes halogenated alkanes) is 13. The maximum absolute atomic E-state index is 5.76. The first-order chi connectivity index (χ1) is 9.27. The van der Waals surface area contributed by atoms with Gasteiger partial charge in [-0.05, 0) is 12.6 Å². The summed E-state index contributed by atoms with van der Waals surface area (Å²) >= 11 is 11.5. The van der Waals surface area contributed by atoms with Crippen LogP contribution in [0.25, 0.3) is 0 Å². The Kier molecular flexibility index (Phi) is 18.0. The van der Waals surface area contributed by atoms with E-state index in [9.17, 15) is 0 Å². The molecule has 19 heavy (non-hydrogen) atoms. The van der Waals surface area contributed by atoms with Gasteiger partial charge in [-0.2, -0.15) is 0 Å². The lowest BCUT2D eigenvalue weighted by atomic mass is 10.0. The molecule has 0 aliphatic heterocycles. The summed E-state index contributed by atoms with van der Waals surface area (Å²) in [5.74, 6) is 0. The summed E-state index contributed by atoms with van der Waals surface area (Å²) in [7, 11) is 0. The maximum Gasteiger partial charge on any atom is 0.0854 e. The fraction of sp³-hybridized carbons (Fsp3) is 1.00. The minimum absolute atomic E-state index is 0.697. The molecular weight excluding hydrogens is 294 g/mol. The first-order valence-electron chi connectivity index (χ1n) is 8.36. The van der Waals surface area contributed by atoms with Crippen LogP contribution < -0.4 is 0 Å². The third-order valence-electron chi connectivity index (χ3n) is 3.68. The number of rotatable bonds is 15. The predicted molar refractivity (Wildman–Crippen MR) is 93.8 cm³/mol. The molecule has 0 aliphatic rings. The second-order valence-electron chi connectivity index (χ2n) is 5.62. The zero-order valence-electron chi connectivity index (χ0n) is 12.8. The van der Waals surface area contributed by atoms with Crippen molar-refractivity contribution in [2.75, 3.05) is 6.16 Å². The molecule has 0 saturated heterocycles. The Hall–Kier alpha value is 1.01. The van der Waals surface area contributed by atoms with Gasteiger partial charge >= 0.3 is 0 Å². The van der Waals surface area contributed by atoms with Gasteiger partial charge < -0.3 is 0 Å². The highest BCUT2D eigenvalue weighted by atomic mass is 35.9. The molecule has 0 N–H and O–H groups in total. The van der Waals surface area contributed by atoms with Gasteiger partial charge in [0.15, 0.2) is 0 Å². The third kappa shape index (κ3) is 19.0. The van der Waals surface area contributed by atoms with Gasteiger partial charge in [-0.3, -0.25) is 0 Å². The zero-order chi connectivity index (χ0) is 14.2. The Bertz CT molecular complexity index is 163. The van der Waals surface area contributed by atoms with E-state index in [2.05, 4.69) is 6.92 Å². The zero-order valence-corrected chi connectivity index (χ0v) is 15.2. The van der Waals surface area contributed by atoms with E-state index in [1.165, 1.54) is 89.9 Å². The van der Waals surface area contributed by atoms with Crippen LogP contribution in [-0.4, -0.2) is 6.16 Å². The molecule has 0 unspecified atom stereocenters. The first kappa shape index (κ1) is 20.0. The monoisotopic (exact) mass is 326 g/mol. The van der Waals surface area contributed by atoms with Crippen molar-refractivity contribution in [2.45, 2.75) is 96.8 Å². The van der Waals surface area contributed by atoms with E-state index in [1.54, 1.807) is 0 Å². The van der Waals surface area contributed by atoms with Gasteiger partial charge in [-0.1, -0.05) is 113 Å². The molecule has 0 aliphatic carbocycles. The third-order valence-corrected chi connectivity index (χ3v) is 5.35. The second kappa shape index (κ2) is 17.1. The average molecular weight is 327 g/mol.